The van der Waals surface area contributed by atoms with Gasteiger partial charge in [-0.15, -0.1) is 0 Å². The lowest BCUT2D eigenvalue weighted by Crippen LogP contribution is -2.42. The highest BCUT2D eigenvalue weighted by molar-refractivity contribution is 6.09. The van der Waals surface area contributed by atoms with Crippen LogP contribution in [-0.2, 0) is 7.05 Å². The Morgan fingerprint density at radius 1 is 1.12 bits per heavy atom. The molecule has 1 aliphatic heterocycles. The molecule has 1 N–H and O–H groups in total. The van der Waals surface area contributed by atoms with Gasteiger partial charge in [-0.05, 0) is 37.3 Å². The predicted octanol–water partition coefficient (Wildman–Crippen LogP) is 3.10. The summed E-state index contributed by atoms with van der Waals surface area (Å²) < 4.78 is 1.66. The summed E-state index contributed by atoms with van der Waals surface area (Å²) in [5, 5.41) is 6.99. The maximum atomic E-state index is 13.1. The number of amides is 2. The van der Waals surface area contributed by atoms with Gasteiger partial charge in [-0.3, -0.25) is 14.3 Å². The Morgan fingerprint density at radius 3 is 2.38 bits per heavy atom. The third-order valence-electron chi connectivity index (χ3n) is 5.04. The Hall–Kier alpha value is -2.63. The number of hydrogen-bond donors (Lipinski definition) is 1. The van der Waals surface area contributed by atoms with Crippen molar-refractivity contribution in [3.05, 3.63) is 47.3 Å². The Balaban J connectivity index is 1.83. The molecule has 0 spiro atoms. The maximum absolute atomic E-state index is 13.1. The van der Waals surface area contributed by atoms with Gasteiger partial charge in [0, 0.05) is 25.8 Å². The normalized spacial score (nSPS) is 20.1. The fourth-order valence-corrected chi connectivity index (χ4v) is 3.69. The molecular weight excluding hydrogens is 328 g/mol. The summed E-state index contributed by atoms with van der Waals surface area (Å²) in [6, 6.07) is 7.20. The van der Waals surface area contributed by atoms with E-state index < -0.39 is 0 Å². The molecule has 0 radical (unpaired) electrons. The van der Waals surface area contributed by atoms with Crippen LogP contribution in [-0.4, -0.2) is 39.6 Å². The molecule has 6 nitrogen and oxygen atoms in total. The molecule has 2 amide bonds. The van der Waals surface area contributed by atoms with Crippen molar-refractivity contribution < 1.29 is 9.59 Å². The molecule has 2 atom stereocenters. The van der Waals surface area contributed by atoms with Crippen molar-refractivity contribution in [2.75, 3.05) is 18.4 Å². The van der Waals surface area contributed by atoms with Gasteiger partial charge < -0.3 is 10.2 Å². The zero-order chi connectivity index (χ0) is 18.8. The molecule has 1 fully saturated rings. The minimum Gasteiger partial charge on any atom is -0.338 e. The van der Waals surface area contributed by atoms with E-state index in [1.807, 2.05) is 24.0 Å². The first-order chi connectivity index (χ1) is 12.4. The van der Waals surface area contributed by atoms with Gasteiger partial charge in [0.1, 0.15) is 0 Å². The van der Waals surface area contributed by atoms with Crippen LogP contribution in [0.4, 0.5) is 5.69 Å². The predicted molar refractivity (Wildman–Crippen MR) is 101 cm³/mol. The molecule has 6 heteroatoms. The summed E-state index contributed by atoms with van der Waals surface area (Å²) in [5.41, 5.74) is 2.36. The average molecular weight is 354 g/mol. The van der Waals surface area contributed by atoms with Crippen LogP contribution in [0.2, 0.25) is 0 Å². The smallest absolute Gasteiger partial charge is 0.259 e. The summed E-state index contributed by atoms with van der Waals surface area (Å²) >= 11 is 0. The number of hydrogen-bond acceptors (Lipinski definition) is 3. The first kappa shape index (κ1) is 18.2. The molecule has 2 unspecified atom stereocenters. The van der Waals surface area contributed by atoms with E-state index in [9.17, 15) is 9.59 Å². The van der Waals surface area contributed by atoms with Crippen molar-refractivity contribution in [3.8, 4) is 0 Å². The van der Waals surface area contributed by atoms with E-state index in [0.29, 0.717) is 28.7 Å². The van der Waals surface area contributed by atoms with Crippen molar-refractivity contribution in [1.29, 1.82) is 0 Å². The second-order valence-electron chi connectivity index (χ2n) is 7.42. The molecule has 26 heavy (non-hydrogen) atoms. The van der Waals surface area contributed by atoms with Crippen molar-refractivity contribution in [2.45, 2.75) is 27.2 Å². The molecule has 1 aromatic heterocycles. The number of nitrogens with one attached hydrogen (secondary N) is 1. The molecule has 1 aromatic carbocycles. The summed E-state index contributed by atoms with van der Waals surface area (Å²) in [5.74, 6) is 0.698. The quantitative estimate of drug-likeness (QED) is 0.921. The van der Waals surface area contributed by atoms with Gasteiger partial charge in [-0.2, -0.15) is 5.10 Å². The Labute approximate surface area is 154 Å². The summed E-state index contributed by atoms with van der Waals surface area (Å²) in [6.45, 7) is 7.71. The molecule has 0 aliphatic carbocycles. The first-order valence-electron chi connectivity index (χ1n) is 9.05. The van der Waals surface area contributed by atoms with Crippen molar-refractivity contribution >= 4 is 17.5 Å². The van der Waals surface area contributed by atoms with Gasteiger partial charge in [0.25, 0.3) is 11.8 Å². The summed E-state index contributed by atoms with van der Waals surface area (Å²) in [7, 11) is 1.79. The van der Waals surface area contributed by atoms with E-state index in [2.05, 4.69) is 24.3 Å². The molecule has 1 saturated heterocycles. The third-order valence-corrected chi connectivity index (χ3v) is 5.04. The molecule has 0 bridgehead atoms. The third kappa shape index (κ3) is 3.64. The van der Waals surface area contributed by atoms with Gasteiger partial charge >= 0.3 is 0 Å². The maximum Gasteiger partial charge on any atom is 0.259 e. The standard InChI is InChI=1S/C20H26N4O2/c1-13-9-14(2)12-24(11-13)20(26)16-7-5-6-8-18(16)22-19(25)17-10-21-23(4)15(17)3/h5-8,10,13-14H,9,11-12H2,1-4H3,(H,22,25). The molecule has 1 aliphatic rings. The van der Waals surface area contributed by atoms with Crippen LogP contribution < -0.4 is 5.32 Å². The number of piperidine rings is 1. The largest absolute Gasteiger partial charge is 0.338 e. The number of benzene rings is 1. The highest BCUT2D eigenvalue weighted by atomic mass is 16.2. The van der Waals surface area contributed by atoms with Crippen LogP contribution in [0.25, 0.3) is 0 Å². The fourth-order valence-electron chi connectivity index (χ4n) is 3.69. The van der Waals surface area contributed by atoms with E-state index in [-0.39, 0.29) is 11.8 Å². The lowest BCUT2D eigenvalue weighted by molar-refractivity contribution is 0.0624. The van der Waals surface area contributed by atoms with Crippen LogP contribution in [0.15, 0.2) is 30.5 Å². The Morgan fingerprint density at radius 2 is 1.77 bits per heavy atom. The van der Waals surface area contributed by atoms with Crippen LogP contribution in [0.5, 0.6) is 0 Å². The fraction of sp³-hybridized carbons (Fsp3) is 0.450. The van der Waals surface area contributed by atoms with Gasteiger partial charge in [-0.25, -0.2) is 0 Å². The van der Waals surface area contributed by atoms with Crippen molar-refractivity contribution in [2.24, 2.45) is 18.9 Å². The number of carbonyl (C=O) groups is 2. The van der Waals surface area contributed by atoms with E-state index in [1.54, 1.807) is 30.1 Å². The molecular formula is C20H26N4O2. The Bertz CT molecular complexity index is 817. The highest BCUT2D eigenvalue weighted by Crippen LogP contribution is 2.25. The van der Waals surface area contributed by atoms with Gasteiger partial charge in [0.15, 0.2) is 0 Å². The number of rotatable bonds is 3. The zero-order valence-electron chi connectivity index (χ0n) is 15.8. The van der Waals surface area contributed by atoms with Crippen LogP contribution in [0.1, 0.15) is 46.7 Å². The molecule has 138 valence electrons. The van der Waals surface area contributed by atoms with Crippen LogP contribution >= 0.6 is 0 Å². The first-order valence-corrected chi connectivity index (χ1v) is 9.05. The highest BCUT2D eigenvalue weighted by Gasteiger charge is 2.27. The molecule has 2 heterocycles. The number of anilines is 1. The second-order valence-corrected chi connectivity index (χ2v) is 7.42. The van der Waals surface area contributed by atoms with E-state index in [1.165, 1.54) is 0 Å². The number of para-hydroxylation sites is 1. The topological polar surface area (TPSA) is 67.2 Å². The lowest BCUT2D eigenvalue weighted by Gasteiger charge is -2.35. The monoisotopic (exact) mass is 354 g/mol. The number of aromatic nitrogens is 2. The van der Waals surface area contributed by atoms with Gasteiger partial charge in [0.2, 0.25) is 0 Å². The van der Waals surface area contributed by atoms with E-state index in [0.717, 1.165) is 25.2 Å². The SMILES string of the molecule is Cc1c(C(=O)Nc2ccccc2C(=O)N2CC(C)CC(C)C2)cnn1C. The molecule has 2 aromatic rings. The van der Waals surface area contributed by atoms with Crippen LogP contribution in [0, 0.1) is 18.8 Å². The molecule has 0 saturated carbocycles. The zero-order valence-corrected chi connectivity index (χ0v) is 15.8. The van der Waals surface area contributed by atoms with E-state index >= 15 is 0 Å². The number of carbonyl (C=O) groups excluding carboxylic acids is 2. The van der Waals surface area contributed by atoms with Crippen molar-refractivity contribution in [1.82, 2.24) is 14.7 Å². The van der Waals surface area contributed by atoms with E-state index in [4.69, 9.17) is 0 Å². The number of nitrogens with zero attached hydrogens (tertiary/aromatic N) is 3. The summed E-state index contributed by atoms with van der Waals surface area (Å²) in [4.78, 5) is 27.6. The lowest BCUT2D eigenvalue weighted by atomic mass is 9.91. The summed E-state index contributed by atoms with van der Waals surface area (Å²) in [6.07, 6.45) is 2.69. The van der Waals surface area contributed by atoms with Gasteiger partial charge in [0.05, 0.1) is 23.0 Å². The second kappa shape index (κ2) is 7.32. The minimum atomic E-state index is -0.253. The number of aryl methyl sites for hydroxylation is 1. The minimum absolute atomic E-state index is 0.0257. The van der Waals surface area contributed by atoms with Gasteiger partial charge in [-0.1, -0.05) is 26.0 Å². The van der Waals surface area contributed by atoms with Crippen LogP contribution in [0.3, 0.4) is 0 Å². The number of likely N-dealkylation sites (tertiary alicyclic amines) is 1. The average Bonchev–Trinajstić information content (AvgIpc) is 2.93. The van der Waals surface area contributed by atoms with Crippen molar-refractivity contribution in [3.63, 3.8) is 0 Å². The Kier molecular flexibility index (Phi) is 5.11. The molecule has 3 rings (SSSR count).